The molecule has 0 radical (unpaired) electrons. The third-order valence-electron chi connectivity index (χ3n) is 2.29. The fourth-order valence-corrected chi connectivity index (χ4v) is 2.24. The van der Waals surface area contributed by atoms with E-state index in [0.717, 1.165) is 33.4 Å². The highest BCUT2D eigenvalue weighted by Crippen LogP contribution is 2.26. The van der Waals surface area contributed by atoms with Crippen LogP contribution in [0.2, 0.25) is 0 Å². The van der Waals surface area contributed by atoms with E-state index in [-0.39, 0.29) is 0 Å². The Balaban J connectivity index is 2.32. The minimum atomic E-state index is 0.778. The lowest BCUT2D eigenvalue weighted by Gasteiger charge is -2.05. The number of rotatable bonds is 4. The summed E-state index contributed by atoms with van der Waals surface area (Å²) in [6.07, 6.45) is 2.79. The van der Waals surface area contributed by atoms with Crippen molar-refractivity contribution in [3.05, 3.63) is 34.6 Å². The maximum atomic E-state index is 5.25. The highest BCUT2D eigenvalue weighted by atomic mass is 79.9. The van der Waals surface area contributed by atoms with E-state index in [1.807, 2.05) is 24.4 Å². The van der Waals surface area contributed by atoms with Crippen molar-refractivity contribution in [3.8, 4) is 11.4 Å². The van der Waals surface area contributed by atoms with E-state index in [1.165, 1.54) is 0 Å². The summed E-state index contributed by atoms with van der Waals surface area (Å²) in [6.45, 7) is 0. The van der Waals surface area contributed by atoms with Crippen LogP contribution in [0.4, 0.5) is 0 Å². The molecular formula is C11H11Br2N3O. The number of aryl methyl sites for hydroxylation is 1. The molecule has 0 fully saturated rings. The summed E-state index contributed by atoms with van der Waals surface area (Å²) in [5.74, 6) is 0.778. The second kappa shape index (κ2) is 5.64. The highest BCUT2D eigenvalue weighted by molar-refractivity contribution is 9.10. The van der Waals surface area contributed by atoms with E-state index in [0.29, 0.717) is 0 Å². The van der Waals surface area contributed by atoms with Gasteiger partial charge < -0.3 is 4.74 Å². The summed E-state index contributed by atoms with van der Waals surface area (Å²) < 4.78 is 7.91. The average Bonchev–Trinajstić information content (AvgIpc) is 2.79. The zero-order valence-corrected chi connectivity index (χ0v) is 12.4. The zero-order valence-electron chi connectivity index (χ0n) is 9.23. The highest BCUT2D eigenvalue weighted by Gasteiger charge is 2.05. The van der Waals surface area contributed by atoms with Gasteiger partial charge in [-0.2, -0.15) is 0 Å². The maximum absolute atomic E-state index is 5.25. The Bertz CT molecular complexity index is 513. The van der Waals surface area contributed by atoms with Gasteiger partial charge in [-0.15, -0.1) is 5.10 Å². The van der Waals surface area contributed by atoms with E-state index in [4.69, 9.17) is 4.74 Å². The van der Waals surface area contributed by atoms with Crippen LogP contribution in [0.15, 0.2) is 28.9 Å². The summed E-state index contributed by atoms with van der Waals surface area (Å²) in [4.78, 5) is 0. The summed E-state index contributed by atoms with van der Waals surface area (Å²) in [5, 5.41) is 9.06. The van der Waals surface area contributed by atoms with Gasteiger partial charge in [-0.3, -0.25) is 0 Å². The molecule has 0 unspecified atom stereocenters. The normalized spacial score (nSPS) is 10.5. The van der Waals surface area contributed by atoms with Gasteiger partial charge in [0.15, 0.2) is 0 Å². The molecule has 0 aliphatic rings. The molecule has 0 N–H and O–H groups in total. The smallest absolute Gasteiger partial charge is 0.135 e. The maximum Gasteiger partial charge on any atom is 0.135 e. The van der Waals surface area contributed by atoms with Crippen LogP contribution >= 0.6 is 31.9 Å². The standard InChI is InChI=1S/C11H11Br2N3O/c1-17-11-6-9(2-3-10(11)13)16-7-8(4-5-12)14-15-16/h2-3,6-7H,4-5H2,1H3. The molecule has 1 aromatic carbocycles. The third-order valence-corrected chi connectivity index (χ3v) is 3.34. The molecule has 0 saturated heterocycles. The SMILES string of the molecule is COc1cc(-n2cc(CCBr)nn2)ccc1Br. The van der Waals surface area contributed by atoms with Crippen molar-refractivity contribution < 1.29 is 4.74 Å². The quantitative estimate of drug-likeness (QED) is 0.787. The van der Waals surface area contributed by atoms with Gasteiger partial charge in [-0.1, -0.05) is 21.1 Å². The van der Waals surface area contributed by atoms with Gasteiger partial charge in [-0.05, 0) is 28.1 Å². The van der Waals surface area contributed by atoms with Gasteiger partial charge >= 0.3 is 0 Å². The lowest BCUT2D eigenvalue weighted by atomic mass is 10.3. The minimum Gasteiger partial charge on any atom is -0.495 e. The molecule has 0 spiro atoms. The van der Waals surface area contributed by atoms with Crippen molar-refractivity contribution in [1.82, 2.24) is 15.0 Å². The predicted molar refractivity (Wildman–Crippen MR) is 73.1 cm³/mol. The van der Waals surface area contributed by atoms with E-state index in [9.17, 15) is 0 Å². The Morgan fingerprint density at radius 1 is 1.41 bits per heavy atom. The fraction of sp³-hybridized carbons (Fsp3) is 0.273. The number of halogens is 2. The van der Waals surface area contributed by atoms with Crippen LogP contribution in [0, 0.1) is 0 Å². The number of nitrogens with zero attached hydrogens (tertiary/aromatic N) is 3. The van der Waals surface area contributed by atoms with Crippen LogP contribution in [0.3, 0.4) is 0 Å². The number of hydrogen-bond acceptors (Lipinski definition) is 3. The van der Waals surface area contributed by atoms with Crippen LogP contribution in [0.1, 0.15) is 5.69 Å². The first-order valence-corrected chi connectivity index (χ1v) is 6.97. The predicted octanol–water partition coefficient (Wildman–Crippen LogP) is 2.98. The number of benzene rings is 1. The first kappa shape index (κ1) is 12.6. The Morgan fingerprint density at radius 3 is 2.94 bits per heavy atom. The van der Waals surface area contributed by atoms with Gasteiger partial charge in [0.1, 0.15) is 5.75 Å². The lowest BCUT2D eigenvalue weighted by molar-refractivity contribution is 0.412. The van der Waals surface area contributed by atoms with E-state index in [2.05, 4.69) is 42.2 Å². The Labute approximate surface area is 116 Å². The molecule has 0 saturated carbocycles. The molecule has 2 rings (SSSR count). The van der Waals surface area contributed by atoms with Gasteiger partial charge in [0.05, 0.1) is 29.2 Å². The van der Waals surface area contributed by atoms with Crippen LogP contribution in [0.5, 0.6) is 5.75 Å². The number of methoxy groups -OCH3 is 1. The Hall–Kier alpha value is -0.880. The van der Waals surface area contributed by atoms with Gasteiger partial charge in [0.25, 0.3) is 0 Å². The third kappa shape index (κ3) is 2.87. The van der Waals surface area contributed by atoms with Crippen LogP contribution in [0.25, 0.3) is 5.69 Å². The van der Waals surface area contributed by atoms with Crippen molar-refractivity contribution >= 4 is 31.9 Å². The van der Waals surface area contributed by atoms with Gasteiger partial charge in [0.2, 0.25) is 0 Å². The van der Waals surface area contributed by atoms with E-state index in [1.54, 1.807) is 11.8 Å². The molecule has 0 bridgehead atoms. The summed E-state index contributed by atoms with van der Waals surface area (Å²) in [5.41, 5.74) is 1.89. The molecule has 17 heavy (non-hydrogen) atoms. The second-order valence-electron chi connectivity index (χ2n) is 3.41. The number of ether oxygens (including phenoxy) is 1. The van der Waals surface area contributed by atoms with Crippen LogP contribution in [-0.2, 0) is 6.42 Å². The molecule has 0 amide bonds. The summed E-state index contributed by atoms with van der Waals surface area (Å²) >= 11 is 6.80. The molecule has 0 aliphatic heterocycles. The number of hydrogen-bond donors (Lipinski definition) is 0. The Morgan fingerprint density at radius 2 is 2.24 bits per heavy atom. The van der Waals surface area contributed by atoms with Crippen LogP contribution < -0.4 is 4.74 Å². The van der Waals surface area contributed by atoms with E-state index < -0.39 is 0 Å². The lowest BCUT2D eigenvalue weighted by Crippen LogP contribution is -1.96. The number of alkyl halides is 1. The van der Waals surface area contributed by atoms with Crippen molar-refractivity contribution in [3.63, 3.8) is 0 Å². The average molecular weight is 361 g/mol. The number of aromatic nitrogens is 3. The molecule has 4 nitrogen and oxygen atoms in total. The first-order valence-electron chi connectivity index (χ1n) is 5.05. The topological polar surface area (TPSA) is 39.9 Å². The molecule has 6 heteroatoms. The zero-order chi connectivity index (χ0) is 12.3. The molecular weight excluding hydrogens is 350 g/mol. The molecule has 1 aromatic heterocycles. The largest absolute Gasteiger partial charge is 0.495 e. The molecule has 1 heterocycles. The van der Waals surface area contributed by atoms with Gasteiger partial charge in [-0.25, -0.2) is 4.68 Å². The van der Waals surface area contributed by atoms with Crippen molar-refractivity contribution in [1.29, 1.82) is 0 Å². The molecule has 0 atom stereocenters. The molecule has 90 valence electrons. The Kier molecular flexibility index (Phi) is 4.17. The van der Waals surface area contributed by atoms with E-state index >= 15 is 0 Å². The van der Waals surface area contributed by atoms with Crippen molar-refractivity contribution in [2.75, 3.05) is 12.4 Å². The minimum absolute atomic E-state index is 0.778. The second-order valence-corrected chi connectivity index (χ2v) is 5.06. The summed E-state index contributed by atoms with van der Waals surface area (Å²) in [7, 11) is 1.64. The van der Waals surface area contributed by atoms with Crippen molar-refractivity contribution in [2.24, 2.45) is 0 Å². The summed E-state index contributed by atoms with van der Waals surface area (Å²) in [6, 6.07) is 5.80. The first-order chi connectivity index (χ1) is 8.24. The monoisotopic (exact) mass is 359 g/mol. The molecule has 2 aromatic rings. The fourth-order valence-electron chi connectivity index (χ4n) is 1.43. The van der Waals surface area contributed by atoms with Gasteiger partial charge in [0, 0.05) is 17.8 Å². The van der Waals surface area contributed by atoms with Crippen LogP contribution in [-0.4, -0.2) is 27.4 Å². The van der Waals surface area contributed by atoms with Crippen molar-refractivity contribution in [2.45, 2.75) is 6.42 Å². The molecule has 0 aliphatic carbocycles.